The molecule has 0 radical (unpaired) electrons. The molecule has 0 spiro atoms. The van der Waals surface area contributed by atoms with Crippen molar-refractivity contribution in [1.29, 1.82) is 0 Å². The van der Waals surface area contributed by atoms with Gasteiger partial charge >= 0.3 is 0 Å². The molecule has 4 nitrogen and oxygen atoms in total. The van der Waals surface area contributed by atoms with Crippen molar-refractivity contribution in [3.8, 4) is 0 Å². The lowest BCUT2D eigenvalue weighted by Gasteiger charge is -1.97. The monoisotopic (exact) mass is 161 g/mol. The van der Waals surface area contributed by atoms with Crippen LogP contribution < -0.4 is 5.73 Å². The van der Waals surface area contributed by atoms with Crippen LogP contribution in [0.25, 0.3) is 10.9 Å². The fourth-order valence-electron chi connectivity index (χ4n) is 1.16. The Morgan fingerprint density at radius 3 is 3.08 bits per heavy atom. The summed E-state index contributed by atoms with van der Waals surface area (Å²) in [6, 6.07) is 3.45. The smallest absolute Gasteiger partial charge is 0.152 e. The van der Waals surface area contributed by atoms with E-state index in [1.54, 1.807) is 18.3 Å². The Labute approximate surface area is 68.4 Å². The third-order valence-electron chi connectivity index (χ3n) is 1.83. The molecule has 2 aromatic rings. The van der Waals surface area contributed by atoms with Gasteiger partial charge in [0.1, 0.15) is 0 Å². The molecule has 0 fully saturated rings. The quantitative estimate of drug-likeness (QED) is 0.483. The van der Waals surface area contributed by atoms with Crippen LogP contribution in [0.1, 0.15) is 10.4 Å². The number of aromatic amines is 1. The van der Waals surface area contributed by atoms with E-state index < -0.39 is 0 Å². The van der Waals surface area contributed by atoms with Gasteiger partial charge in [0.2, 0.25) is 0 Å². The number of rotatable bonds is 1. The minimum Gasteiger partial charge on any atom is -0.398 e. The lowest BCUT2D eigenvalue weighted by Crippen LogP contribution is -1.92. The maximum absolute atomic E-state index is 10.5. The minimum atomic E-state index is 0.483. The largest absolute Gasteiger partial charge is 0.398 e. The molecule has 1 heterocycles. The van der Waals surface area contributed by atoms with Gasteiger partial charge in [0.05, 0.1) is 17.4 Å². The molecule has 2 rings (SSSR count). The summed E-state index contributed by atoms with van der Waals surface area (Å²) >= 11 is 0. The molecular weight excluding hydrogens is 154 g/mol. The second-order valence-corrected chi connectivity index (χ2v) is 2.52. The summed E-state index contributed by atoms with van der Waals surface area (Å²) in [6.07, 6.45) is 2.35. The maximum atomic E-state index is 10.5. The van der Waals surface area contributed by atoms with Crippen molar-refractivity contribution >= 4 is 22.9 Å². The zero-order chi connectivity index (χ0) is 8.55. The van der Waals surface area contributed by atoms with Gasteiger partial charge in [-0.15, -0.1) is 0 Å². The Morgan fingerprint density at radius 1 is 1.50 bits per heavy atom. The van der Waals surface area contributed by atoms with Crippen molar-refractivity contribution < 1.29 is 4.79 Å². The molecule has 0 bridgehead atoms. The molecule has 0 unspecified atom stereocenters. The highest BCUT2D eigenvalue weighted by molar-refractivity contribution is 5.99. The van der Waals surface area contributed by atoms with Crippen LogP contribution in [-0.4, -0.2) is 16.5 Å². The van der Waals surface area contributed by atoms with Gasteiger partial charge in [-0.1, -0.05) is 0 Å². The van der Waals surface area contributed by atoms with Crippen LogP contribution in [0.4, 0.5) is 5.69 Å². The highest BCUT2D eigenvalue weighted by Gasteiger charge is 2.03. The highest BCUT2D eigenvalue weighted by Crippen LogP contribution is 2.21. The predicted molar refractivity (Wildman–Crippen MR) is 45.9 cm³/mol. The van der Waals surface area contributed by atoms with E-state index in [1.165, 1.54) is 0 Å². The molecule has 0 atom stereocenters. The van der Waals surface area contributed by atoms with Gasteiger partial charge in [-0.25, -0.2) is 0 Å². The number of H-pyrrole nitrogens is 1. The van der Waals surface area contributed by atoms with Gasteiger partial charge in [0.25, 0.3) is 0 Å². The third-order valence-corrected chi connectivity index (χ3v) is 1.83. The molecule has 3 N–H and O–H groups in total. The van der Waals surface area contributed by atoms with E-state index >= 15 is 0 Å². The van der Waals surface area contributed by atoms with E-state index in [0.717, 1.165) is 17.2 Å². The van der Waals surface area contributed by atoms with Gasteiger partial charge in [-0.3, -0.25) is 9.89 Å². The molecule has 0 amide bonds. The lowest BCUT2D eigenvalue weighted by atomic mass is 10.1. The number of anilines is 1. The molecule has 0 saturated heterocycles. The first kappa shape index (κ1) is 6.84. The summed E-state index contributed by atoms with van der Waals surface area (Å²) in [5.74, 6) is 0. The average molecular weight is 161 g/mol. The van der Waals surface area contributed by atoms with E-state index in [1.807, 2.05) is 0 Å². The number of nitrogen functional groups attached to an aromatic ring is 1. The molecule has 0 aliphatic carbocycles. The van der Waals surface area contributed by atoms with Crippen molar-refractivity contribution in [3.05, 3.63) is 23.9 Å². The standard InChI is InChI=1S/C8H7N3O/c9-8-5(4-12)1-2-7-6(8)3-10-11-7/h1-4H,9H2,(H,10,11). The van der Waals surface area contributed by atoms with E-state index in [4.69, 9.17) is 5.73 Å². The third kappa shape index (κ3) is 0.780. The van der Waals surface area contributed by atoms with Gasteiger partial charge in [-0.2, -0.15) is 5.10 Å². The predicted octanol–water partition coefficient (Wildman–Crippen LogP) is 0.958. The fourth-order valence-corrected chi connectivity index (χ4v) is 1.16. The number of benzene rings is 1. The van der Waals surface area contributed by atoms with Crippen molar-refractivity contribution in [3.63, 3.8) is 0 Å². The van der Waals surface area contributed by atoms with Crippen molar-refractivity contribution in [2.75, 3.05) is 5.73 Å². The molecule has 1 aromatic heterocycles. The summed E-state index contributed by atoms with van der Waals surface area (Å²) in [5, 5.41) is 7.37. The van der Waals surface area contributed by atoms with Crippen LogP contribution in [0.2, 0.25) is 0 Å². The molecule has 1 aromatic carbocycles. The first-order chi connectivity index (χ1) is 5.83. The van der Waals surface area contributed by atoms with Crippen molar-refractivity contribution in [1.82, 2.24) is 10.2 Å². The second-order valence-electron chi connectivity index (χ2n) is 2.52. The van der Waals surface area contributed by atoms with Gasteiger partial charge < -0.3 is 5.73 Å². The van der Waals surface area contributed by atoms with E-state index in [0.29, 0.717) is 11.3 Å². The number of hydrogen-bond donors (Lipinski definition) is 2. The van der Waals surface area contributed by atoms with E-state index in [9.17, 15) is 4.79 Å². The number of aromatic nitrogens is 2. The van der Waals surface area contributed by atoms with Crippen molar-refractivity contribution in [2.24, 2.45) is 0 Å². The summed E-state index contributed by atoms with van der Waals surface area (Å²) in [6.45, 7) is 0. The van der Waals surface area contributed by atoms with Crippen LogP contribution in [0.3, 0.4) is 0 Å². The molecule has 12 heavy (non-hydrogen) atoms. The molecular formula is C8H7N3O. The number of fused-ring (bicyclic) bond motifs is 1. The number of nitrogens with one attached hydrogen (secondary N) is 1. The lowest BCUT2D eigenvalue weighted by molar-refractivity contribution is 0.112. The first-order valence-electron chi connectivity index (χ1n) is 3.49. The van der Waals surface area contributed by atoms with Crippen LogP contribution in [-0.2, 0) is 0 Å². The first-order valence-corrected chi connectivity index (χ1v) is 3.49. The topological polar surface area (TPSA) is 71.8 Å². The van der Waals surface area contributed by atoms with Gasteiger partial charge in [0, 0.05) is 10.9 Å². The molecule has 0 aliphatic heterocycles. The fraction of sp³-hybridized carbons (Fsp3) is 0. The molecule has 4 heteroatoms. The molecule has 0 aliphatic rings. The number of aldehydes is 1. The molecule has 60 valence electrons. The Kier molecular flexibility index (Phi) is 1.33. The molecule has 0 saturated carbocycles. The van der Waals surface area contributed by atoms with Crippen LogP contribution in [0.5, 0.6) is 0 Å². The number of carbonyl (C=O) groups excluding carboxylic acids is 1. The zero-order valence-corrected chi connectivity index (χ0v) is 6.24. The Morgan fingerprint density at radius 2 is 2.33 bits per heavy atom. The van der Waals surface area contributed by atoms with Gasteiger partial charge in [-0.05, 0) is 12.1 Å². The van der Waals surface area contributed by atoms with Crippen molar-refractivity contribution in [2.45, 2.75) is 0 Å². The summed E-state index contributed by atoms with van der Waals surface area (Å²) in [7, 11) is 0. The summed E-state index contributed by atoms with van der Waals surface area (Å²) < 4.78 is 0. The number of hydrogen-bond acceptors (Lipinski definition) is 3. The van der Waals surface area contributed by atoms with E-state index in [2.05, 4.69) is 10.2 Å². The minimum absolute atomic E-state index is 0.483. The Hall–Kier alpha value is -1.84. The van der Waals surface area contributed by atoms with Crippen LogP contribution in [0.15, 0.2) is 18.3 Å². The average Bonchev–Trinajstić information content (AvgIpc) is 2.53. The number of carbonyl (C=O) groups is 1. The van der Waals surface area contributed by atoms with Crippen LogP contribution >= 0.6 is 0 Å². The van der Waals surface area contributed by atoms with Crippen LogP contribution in [0, 0.1) is 0 Å². The van der Waals surface area contributed by atoms with E-state index in [-0.39, 0.29) is 0 Å². The Balaban J connectivity index is 2.86. The normalized spacial score (nSPS) is 10.3. The zero-order valence-electron chi connectivity index (χ0n) is 6.24. The Bertz CT molecular complexity index is 433. The summed E-state index contributed by atoms with van der Waals surface area (Å²) in [5.41, 5.74) is 7.51. The number of nitrogens with zero attached hydrogens (tertiary/aromatic N) is 1. The van der Waals surface area contributed by atoms with Gasteiger partial charge in [0.15, 0.2) is 6.29 Å². The number of nitrogens with two attached hydrogens (primary N) is 1. The maximum Gasteiger partial charge on any atom is 0.152 e. The summed E-state index contributed by atoms with van der Waals surface area (Å²) in [4.78, 5) is 10.5. The SMILES string of the molecule is Nc1c(C=O)ccc2[nH]ncc12. The second kappa shape index (κ2) is 2.34. The highest BCUT2D eigenvalue weighted by atomic mass is 16.1.